The van der Waals surface area contributed by atoms with Crippen LogP contribution in [-0.2, 0) is 4.74 Å². The van der Waals surface area contributed by atoms with E-state index in [-0.39, 0.29) is 5.91 Å². The van der Waals surface area contributed by atoms with Crippen LogP contribution in [0.1, 0.15) is 29.6 Å². The first-order valence-corrected chi connectivity index (χ1v) is 6.91. The van der Waals surface area contributed by atoms with Crippen LogP contribution in [0.5, 0.6) is 0 Å². The average Bonchev–Trinajstić information content (AvgIpc) is 2.81. The van der Waals surface area contributed by atoms with Crippen molar-refractivity contribution in [3.63, 3.8) is 0 Å². The molecule has 2 rings (SSSR count). The van der Waals surface area contributed by atoms with Crippen LogP contribution in [0.3, 0.4) is 0 Å². The molecular formula is C13H17BrN2O2. The van der Waals surface area contributed by atoms with Gasteiger partial charge in [0.1, 0.15) is 0 Å². The molecule has 0 aliphatic carbocycles. The Morgan fingerprint density at radius 3 is 3.06 bits per heavy atom. The monoisotopic (exact) mass is 312 g/mol. The molecule has 1 amide bonds. The molecule has 1 aromatic rings. The molecule has 0 saturated carbocycles. The Bertz CT molecular complexity index is 431. The summed E-state index contributed by atoms with van der Waals surface area (Å²) in [5, 5.41) is 2.87. The van der Waals surface area contributed by atoms with Gasteiger partial charge in [0.05, 0.1) is 11.7 Å². The third-order valence-electron chi connectivity index (χ3n) is 3.03. The highest BCUT2D eigenvalue weighted by atomic mass is 79.9. The highest BCUT2D eigenvalue weighted by molar-refractivity contribution is 9.10. The highest BCUT2D eigenvalue weighted by Crippen LogP contribution is 2.18. The van der Waals surface area contributed by atoms with Gasteiger partial charge in [-0.3, -0.25) is 4.79 Å². The van der Waals surface area contributed by atoms with E-state index in [4.69, 9.17) is 10.5 Å². The lowest BCUT2D eigenvalue weighted by atomic mass is 10.1. The van der Waals surface area contributed by atoms with Gasteiger partial charge in [0.2, 0.25) is 0 Å². The molecule has 1 atom stereocenters. The van der Waals surface area contributed by atoms with Crippen LogP contribution in [0.4, 0.5) is 5.69 Å². The number of nitrogen functional groups attached to an aromatic ring is 1. The van der Waals surface area contributed by atoms with Crippen LogP contribution in [0, 0.1) is 0 Å². The van der Waals surface area contributed by atoms with Crippen molar-refractivity contribution in [1.82, 2.24) is 5.32 Å². The maximum absolute atomic E-state index is 11.9. The minimum atomic E-state index is -0.127. The van der Waals surface area contributed by atoms with Crippen LogP contribution in [0.15, 0.2) is 22.7 Å². The first-order chi connectivity index (χ1) is 8.66. The zero-order chi connectivity index (χ0) is 13.0. The fourth-order valence-electron chi connectivity index (χ4n) is 2.05. The molecule has 1 fully saturated rings. The quantitative estimate of drug-likeness (QED) is 0.839. The van der Waals surface area contributed by atoms with E-state index in [1.807, 2.05) is 6.07 Å². The number of amides is 1. The number of rotatable bonds is 4. The van der Waals surface area contributed by atoms with Crippen LogP contribution >= 0.6 is 15.9 Å². The standard InChI is InChI=1S/C13H17BrN2O2/c14-9-3-4-11(12(15)8-9)13(17)16-6-5-10-2-1-7-18-10/h3-4,8,10H,1-2,5-7,15H2,(H,16,17). The summed E-state index contributed by atoms with van der Waals surface area (Å²) >= 11 is 3.31. The van der Waals surface area contributed by atoms with E-state index in [0.717, 1.165) is 30.3 Å². The molecule has 0 bridgehead atoms. The summed E-state index contributed by atoms with van der Waals surface area (Å²) < 4.78 is 6.37. The third-order valence-corrected chi connectivity index (χ3v) is 3.53. The molecule has 1 aliphatic heterocycles. The molecule has 1 unspecified atom stereocenters. The largest absolute Gasteiger partial charge is 0.398 e. The number of anilines is 1. The fraction of sp³-hybridized carbons (Fsp3) is 0.462. The minimum absolute atomic E-state index is 0.127. The minimum Gasteiger partial charge on any atom is -0.398 e. The summed E-state index contributed by atoms with van der Waals surface area (Å²) in [7, 11) is 0. The van der Waals surface area contributed by atoms with Crippen molar-refractivity contribution >= 4 is 27.5 Å². The van der Waals surface area contributed by atoms with Crippen molar-refractivity contribution in [3.8, 4) is 0 Å². The van der Waals surface area contributed by atoms with Crippen molar-refractivity contribution in [3.05, 3.63) is 28.2 Å². The molecule has 4 nitrogen and oxygen atoms in total. The SMILES string of the molecule is Nc1cc(Br)ccc1C(=O)NCCC1CCCO1. The zero-order valence-electron chi connectivity index (χ0n) is 10.1. The first-order valence-electron chi connectivity index (χ1n) is 6.11. The molecule has 0 radical (unpaired) electrons. The number of nitrogens with two attached hydrogens (primary N) is 1. The van der Waals surface area contributed by atoms with E-state index < -0.39 is 0 Å². The van der Waals surface area contributed by atoms with Gasteiger partial charge in [-0.15, -0.1) is 0 Å². The van der Waals surface area contributed by atoms with Gasteiger partial charge in [0, 0.05) is 23.3 Å². The predicted octanol–water partition coefficient (Wildman–Crippen LogP) is 2.33. The summed E-state index contributed by atoms with van der Waals surface area (Å²) in [4.78, 5) is 11.9. The number of carbonyl (C=O) groups is 1. The van der Waals surface area contributed by atoms with Crippen molar-refractivity contribution in [2.24, 2.45) is 0 Å². The topological polar surface area (TPSA) is 64.4 Å². The van der Waals surface area contributed by atoms with Gasteiger partial charge < -0.3 is 15.8 Å². The number of halogens is 1. The maximum Gasteiger partial charge on any atom is 0.253 e. The second kappa shape index (κ2) is 6.20. The molecular weight excluding hydrogens is 296 g/mol. The van der Waals surface area contributed by atoms with E-state index in [2.05, 4.69) is 21.2 Å². The van der Waals surface area contributed by atoms with Crippen molar-refractivity contribution < 1.29 is 9.53 Å². The average molecular weight is 313 g/mol. The van der Waals surface area contributed by atoms with Crippen LogP contribution in [0.25, 0.3) is 0 Å². The molecule has 18 heavy (non-hydrogen) atoms. The van der Waals surface area contributed by atoms with Crippen molar-refractivity contribution in [2.45, 2.75) is 25.4 Å². The molecule has 98 valence electrons. The number of carbonyl (C=O) groups excluding carboxylic acids is 1. The Morgan fingerprint density at radius 2 is 2.39 bits per heavy atom. The summed E-state index contributed by atoms with van der Waals surface area (Å²) in [5.41, 5.74) is 6.80. The zero-order valence-corrected chi connectivity index (χ0v) is 11.7. The molecule has 1 heterocycles. The number of nitrogens with one attached hydrogen (secondary N) is 1. The van der Waals surface area contributed by atoms with Gasteiger partial charge in [0.25, 0.3) is 5.91 Å². The van der Waals surface area contributed by atoms with Crippen molar-refractivity contribution in [1.29, 1.82) is 0 Å². The van der Waals surface area contributed by atoms with Crippen LogP contribution < -0.4 is 11.1 Å². The summed E-state index contributed by atoms with van der Waals surface area (Å²) in [6.07, 6.45) is 3.38. The number of ether oxygens (including phenoxy) is 1. The van der Waals surface area contributed by atoms with Crippen LogP contribution in [-0.4, -0.2) is 25.2 Å². The molecule has 3 N–H and O–H groups in total. The van der Waals surface area contributed by atoms with E-state index in [1.165, 1.54) is 0 Å². The lowest BCUT2D eigenvalue weighted by Crippen LogP contribution is -2.27. The molecule has 0 spiro atoms. The van der Waals surface area contributed by atoms with Gasteiger partial charge in [-0.25, -0.2) is 0 Å². The Hall–Kier alpha value is -1.07. The smallest absolute Gasteiger partial charge is 0.253 e. The number of hydrogen-bond acceptors (Lipinski definition) is 3. The second-order valence-electron chi connectivity index (χ2n) is 4.41. The molecule has 1 aliphatic rings. The molecule has 5 heteroatoms. The first kappa shape index (κ1) is 13.4. The van der Waals surface area contributed by atoms with Gasteiger partial charge in [-0.05, 0) is 37.5 Å². The Labute approximate surface area is 115 Å². The van der Waals surface area contributed by atoms with Gasteiger partial charge in [0.15, 0.2) is 0 Å². The van der Waals surface area contributed by atoms with E-state index in [0.29, 0.717) is 23.9 Å². The van der Waals surface area contributed by atoms with E-state index in [1.54, 1.807) is 12.1 Å². The summed E-state index contributed by atoms with van der Waals surface area (Å²) in [6, 6.07) is 5.27. The second-order valence-corrected chi connectivity index (χ2v) is 5.33. The Kier molecular flexibility index (Phi) is 4.60. The van der Waals surface area contributed by atoms with E-state index >= 15 is 0 Å². The highest BCUT2D eigenvalue weighted by Gasteiger charge is 2.16. The summed E-state index contributed by atoms with van der Waals surface area (Å²) in [6.45, 7) is 1.47. The van der Waals surface area contributed by atoms with Crippen molar-refractivity contribution in [2.75, 3.05) is 18.9 Å². The maximum atomic E-state index is 11.9. The Morgan fingerprint density at radius 1 is 1.56 bits per heavy atom. The van der Waals surface area contributed by atoms with Crippen LogP contribution in [0.2, 0.25) is 0 Å². The lowest BCUT2D eigenvalue weighted by molar-refractivity contribution is 0.0908. The third kappa shape index (κ3) is 3.46. The van der Waals surface area contributed by atoms with E-state index in [9.17, 15) is 4.79 Å². The Balaban J connectivity index is 1.83. The molecule has 0 aromatic heterocycles. The van der Waals surface area contributed by atoms with Gasteiger partial charge in [-0.1, -0.05) is 15.9 Å². The van der Waals surface area contributed by atoms with Gasteiger partial charge in [-0.2, -0.15) is 0 Å². The number of hydrogen-bond donors (Lipinski definition) is 2. The normalized spacial score (nSPS) is 18.8. The summed E-state index contributed by atoms with van der Waals surface area (Å²) in [5.74, 6) is -0.127. The number of benzene rings is 1. The molecule has 1 saturated heterocycles. The van der Waals surface area contributed by atoms with Gasteiger partial charge >= 0.3 is 0 Å². The molecule has 1 aromatic carbocycles. The predicted molar refractivity (Wildman–Crippen MR) is 74.5 cm³/mol. The fourth-order valence-corrected chi connectivity index (χ4v) is 2.43. The lowest BCUT2D eigenvalue weighted by Gasteiger charge is -2.11.